The van der Waals surface area contributed by atoms with Crippen LogP contribution < -0.4 is 15.8 Å². The third-order valence-corrected chi connectivity index (χ3v) is 3.78. The van der Waals surface area contributed by atoms with Crippen LogP contribution in [0.5, 0.6) is 0 Å². The molecule has 0 saturated carbocycles. The van der Waals surface area contributed by atoms with Crippen molar-refractivity contribution >= 4 is 18.0 Å². The maximum absolute atomic E-state index is 4.43. The second-order valence-corrected chi connectivity index (χ2v) is 5.53. The molecule has 0 atom stereocenters. The van der Waals surface area contributed by atoms with Gasteiger partial charge >= 0.3 is 0 Å². The van der Waals surface area contributed by atoms with Crippen LogP contribution in [0, 0.1) is 0 Å². The summed E-state index contributed by atoms with van der Waals surface area (Å²) >= 11 is 0. The topological polar surface area (TPSA) is 28.2 Å². The largest absolute Gasteiger partial charge is 0.373 e. The first-order valence-electron chi connectivity index (χ1n) is 8.69. The van der Waals surface area contributed by atoms with Gasteiger partial charge in [0.25, 0.3) is 0 Å². The highest BCUT2D eigenvalue weighted by molar-refractivity contribution is 5.58. The molecule has 0 aliphatic rings. The van der Waals surface area contributed by atoms with Crippen LogP contribution in [-0.2, 0) is 0 Å². The van der Waals surface area contributed by atoms with Crippen molar-refractivity contribution in [2.75, 3.05) is 19.4 Å². The van der Waals surface area contributed by atoms with Gasteiger partial charge in [0.15, 0.2) is 0 Å². The Morgan fingerprint density at radius 2 is 1.92 bits per heavy atom. The second kappa shape index (κ2) is 10.5. The summed E-state index contributed by atoms with van der Waals surface area (Å²) in [5, 5.41) is 5.46. The van der Waals surface area contributed by atoms with Crippen molar-refractivity contribution in [1.82, 2.24) is 9.88 Å². The lowest BCUT2D eigenvalue weighted by atomic mass is 10.1. The molecule has 0 aromatic carbocycles. The van der Waals surface area contributed by atoms with E-state index in [4.69, 9.17) is 0 Å². The van der Waals surface area contributed by atoms with Gasteiger partial charge in [-0.3, -0.25) is 0 Å². The second-order valence-electron chi connectivity index (χ2n) is 5.53. The number of rotatable bonds is 7. The molecule has 0 bridgehead atoms. The van der Waals surface area contributed by atoms with E-state index in [2.05, 4.69) is 92.6 Å². The van der Waals surface area contributed by atoms with Crippen LogP contribution in [0.2, 0.25) is 0 Å². The van der Waals surface area contributed by atoms with E-state index >= 15 is 0 Å². The molecular weight excluding hydrogens is 294 g/mol. The van der Waals surface area contributed by atoms with Crippen LogP contribution in [0.4, 0.5) is 5.82 Å². The van der Waals surface area contributed by atoms with Crippen molar-refractivity contribution in [3.05, 3.63) is 58.4 Å². The quantitative estimate of drug-likeness (QED) is 0.773. The molecule has 1 rings (SSSR count). The van der Waals surface area contributed by atoms with Crippen LogP contribution >= 0.6 is 0 Å². The molecule has 24 heavy (non-hydrogen) atoms. The molecule has 0 saturated heterocycles. The summed E-state index contributed by atoms with van der Waals surface area (Å²) in [5.41, 5.74) is 2.38. The summed E-state index contributed by atoms with van der Waals surface area (Å²) in [7, 11) is 3.98. The van der Waals surface area contributed by atoms with Crippen molar-refractivity contribution < 1.29 is 0 Å². The zero-order chi connectivity index (χ0) is 17.9. The molecule has 0 amide bonds. The van der Waals surface area contributed by atoms with Crippen LogP contribution in [0.1, 0.15) is 40.5 Å². The van der Waals surface area contributed by atoms with E-state index in [1.807, 2.05) is 13.2 Å². The Labute approximate surface area is 146 Å². The Balaban J connectivity index is 3.44. The SMILES string of the molecule is C/C=C(C(/C=c1/cc(NC)nc/c1=C\CC)=C/C)\N(C)/C=C/CC. The van der Waals surface area contributed by atoms with Crippen LogP contribution in [0.15, 0.2) is 48.0 Å². The van der Waals surface area contributed by atoms with Gasteiger partial charge in [0.1, 0.15) is 5.82 Å². The van der Waals surface area contributed by atoms with Gasteiger partial charge < -0.3 is 10.2 Å². The van der Waals surface area contributed by atoms with Gasteiger partial charge in [0.2, 0.25) is 0 Å². The summed E-state index contributed by atoms with van der Waals surface area (Å²) < 4.78 is 0. The lowest BCUT2D eigenvalue weighted by molar-refractivity contribution is 0.579. The molecule has 3 heteroatoms. The number of aromatic nitrogens is 1. The molecule has 1 aromatic rings. The minimum absolute atomic E-state index is 0.881. The molecule has 1 aromatic heterocycles. The molecular formula is C21H31N3. The van der Waals surface area contributed by atoms with E-state index in [-0.39, 0.29) is 0 Å². The number of anilines is 1. The average Bonchev–Trinajstić information content (AvgIpc) is 2.60. The monoisotopic (exact) mass is 325 g/mol. The van der Waals surface area contributed by atoms with Crippen molar-refractivity contribution in [2.45, 2.75) is 40.5 Å². The van der Waals surface area contributed by atoms with E-state index in [0.717, 1.165) is 23.9 Å². The number of nitrogens with one attached hydrogen (secondary N) is 1. The third-order valence-electron chi connectivity index (χ3n) is 3.78. The molecule has 0 aliphatic heterocycles. The van der Waals surface area contributed by atoms with Crippen LogP contribution in [0.3, 0.4) is 0 Å². The first-order valence-corrected chi connectivity index (χ1v) is 8.69. The smallest absolute Gasteiger partial charge is 0.126 e. The van der Waals surface area contributed by atoms with Gasteiger partial charge in [-0.25, -0.2) is 4.98 Å². The van der Waals surface area contributed by atoms with Gasteiger partial charge in [-0.1, -0.05) is 38.2 Å². The van der Waals surface area contributed by atoms with Crippen molar-refractivity contribution in [1.29, 1.82) is 0 Å². The molecule has 1 N–H and O–H groups in total. The number of allylic oxidation sites excluding steroid dienone is 4. The van der Waals surface area contributed by atoms with Crippen molar-refractivity contribution in [3.63, 3.8) is 0 Å². The standard InChI is InChI=1S/C21H31N3/c1-7-11-13-24(6)20(10-4)17(9-3)14-19-15-21(22-5)23-16-18(19)12-8-2/h9-16,22H,7-8H2,1-6H3/b13-11+,17-9+,18-12+,19-14-,20-10-. The number of hydrogen-bond acceptors (Lipinski definition) is 3. The predicted octanol–water partition coefficient (Wildman–Crippen LogP) is 3.80. The lowest BCUT2D eigenvalue weighted by Gasteiger charge is -2.19. The van der Waals surface area contributed by atoms with Crippen LogP contribution in [0.25, 0.3) is 12.2 Å². The maximum Gasteiger partial charge on any atom is 0.126 e. The normalized spacial score (nSPS) is 14.6. The Bertz CT molecular complexity index is 724. The summed E-state index contributed by atoms with van der Waals surface area (Å²) in [5.74, 6) is 0.881. The molecule has 0 unspecified atom stereocenters. The van der Waals surface area contributed by atoms with E-state index in [0.29, 0.717) is 0 Å². The molecule has 0 spiro atoms. The van der Waals surface area contributed by atoms with E-state index < -0.39 is 0 Å². The number of hydrogen-bond donors (Lipinski definition) is 1. The van der Waals surface area contributed by atoms with Crippen molar-refractivity contribution in [2.24, 2.45) is 0 Å². The molecule has 1 heterocycles. The van der Waals surface area contributed by atoms with Gasteiger partial charge in [-0.2, -0.15) is 0 Å². The van der Waals surface area contributed by atoms with Gasteiger partial charge in [-0.15, -0.1) is 0 Å². The van der Waals surface area contributed by atoms with Gasteiger partial charge in [0.05, 0.1) is 0 Å². The summed E-state index contributed by atoms with van der Waals surface area (Å²) in [6.45, 7) is 8.45. The van der Waals surface area contributed by atoms with Crippen molar-refractivity contribution in [3.8, 4) is 0 Å². The Morgan fingerprint density at radius 3 is 2.46 bits per heavy atom. The highest BCUT2D eigenvalue weighted by Gasteiger charge is 2.05. The fraction of sp³-hybridized carbons (Fsp3) is 0.381. The summed E-state index contributed by atoms with van der Waals surface area (Å²) in [6.07, 6.45) is 17.0. The minimum Gasteiger partial charge on any atom is -0.373 e. The van der Waals surface area contributed by atoms with Crippen LogP contribution in [-0.4, -0.2) is 24.0 Å². The predicted molar refractivity (Wildman–Crippen MR) is 107 cm³/mol. The zero-order valence-corrected chi connectivity index (χ0v) is 15.9. The fourth-order valence-electron chi connectivity index (χ4n) is 2.52. The molecule has 0 aliphatic carbocycles. The summed E-state index contributed by atoms with van der Waals surface area (Å²) in [4.78, 5) is 6.60. The molecule has 0 radical (unpaired) electrons. The zero-order valence-electron chi connectivity index (χ0n) is 15.9. The van der Waals surface area contributed by atoms with Gasteiger partial charge in [0, 0.05) is 26.0 Å². The first-order chi connectivity index (χ1) is 11.6. The lowest BCUT2D eigenvalue weighted by Crippen LogP contribution is -2.26. The Hall–Kier alpha value is -2.29. The molecule has 130 valence electrons. The third kappa shape index (κ3) is 5.41. The number of nitrogens with zero attached hydrogens (tertiary/aromatic N) is 2. The Morgan fingerprint density at radius 1 is 1.17 bits per heavy atom. The van der Waals surface area contributed by atoms with E-state index in [1.54, 1.807) is 0 Å². The highest BCUT2D eigenvalue weighted by atomic mass is 15.1. The number of pyridine rings is 1. The van der Waals surface area contributed by atoms with Gasteiger partial charge in [-0.05, 0) is 61.0 Å². The first kappa shape index (κ1) is 19.8. The molecule has 3 nitrogen and oxygen atoms in total. The van der Waals surface area contributed by atoms with E-state index in [9.17, 15) is 0 Å². The number of likely N-dealkylation sites (N-methyl/N-ethyl adjacent to an activating group) is 1. The minimum atomic E-state index is 0.881. The highest BCUT2D eigenvalue weighted by Crippen LogP contribution is 2.16. The summed E-state index contributed by atoms with van der Waals surface area (Å²) in [6, 6.07) is 2.10. The Kier molecular flexibility index (Phi) is 8.63. The maximum atomic E-state index is 4.43. The van der Waals surface area contributed by atoms with E-state index in [1.165, 1.54) is 16.5 Å². The average molecular weight is 326 g/mol. The molecule has 0 fully saturated rings. The fourth-order valence-corrected chi connectivity index (χ4v) is 2.52.